The Morgan fingerprint density at radius 1 is 0.589 bits per heavy atom. The van der Waals surface area contributed by atoms with Gasteiger partial charge >= 0.3 is 12.2 Å². The highest BCUT2D eigenvalue weighted by Gasteiger charge is 2.36. The van der Waals surface area contributed by atoms with Crippen molar-refractivity contribution in [1.82, 2.24) is 29.7 Å². The molecule has 0 aliphatic carbocycles. The molecule has 6 aromatic rings. The van der Waals surface area contributed by atoms with E-state index in [4.69, 9.17) is 92.2 Å². The van der Waals surface area contributed by atoms with E-state index in [9.17, 15) is 9.59 Å². The zero-order valence-corrected chi connectivity index (χ0v) is 46.6. The molecule has 21 heteroatoms. The number of nitrogens with two attached hydrogens (primary N) is 1. The van der Waals surface area contributed by atoms with Crippen molar-refractivity contribution in [3.63, 3.8) is 0 Å². The SMILES string of the molecule is COc1cc(OC)c(Cl)c(-c2ccc3nc(Cl)ncc3c2)c1Cl.COc1cc(OC)c(Cl)c(-c2ccc3nc(NC4CN(C(=O)OC(C)(C)C)CC4C)ncc3c2)c1Cl.C[C@H]1CN(C(=O)OC(C)(C)C)C[C@H]1N. The molecule has 0 spiro atoms. The summed E-state index contributed by atoms with van der Waals surface area (Å²) >= 11 is 31.9. The second-order valence-electron chi connectivity index (χ2n) is 19.6. The molecule has 2 aliphatic heterocycles. The smallest absolute Gasteiger partial charge is 0.410 e. The van der Waals surface area contributed by atoms with Crippen LogP contribution in [-0.4, -0.2) is 120 Å². The second-order valence-corrected chi connectivity index (χ2v) is 21.4. The number of fused-ring (bicyclic) bond motifs is 2. The van der Waals surface area contributed by atoms with Crippen molar-refractivity contribution in [3.05, 3.63) is 86.3 Å². The van der Waals surface area contributed by atoms with E-state index in [0.29, 0.717) is 92.3 Å². The number of carbonyl (C=O) groups is 2. The maximum atomic E-state index is 12.5. The fourth-order valence-electron chi connectivity index (χ4n) is 7.97. The van der Waals surface area contributed by atoms with Crippen molar-refractivity contribution in [1.29, 1.82) is 0 Å². The number of amides is 2. The maximum absolute atomic E-state index is 12.5. The van der Waals surface area contributed by atoms with Crippen molar-refractivity contribution < 1.29 is 38.0 Å². The Morgan fingerprint density at radius 2 is 1.00 bits per heavy atom. The van der Waals surface area contributed by atoms with Gasteiger partial charge in [-0.15, -0.1) is 0 Å². The largest absolute Gasteiger partial charge is 0.495 e. The molecule has 4 heterocycles. The Kier molecular flexibility index (Phi) is 18.5. The van der Waals surface area contributed by atoms with Crippen molar-refractivity contribution in [2.45, 2.75) is 78.7 Å². The molecular weight excluding hydrogens is 1040 g/mol. The zero-order chi connectivity index (χ0) is 53.7. The number of aromatic nitrogens is 4. The van der Waals surface area contributed by atoms with Gasteiger partial charge in [0.05, 0.1) is 65.6 Å². The van der Waals surface area contributed by atoms with Gasteiger partial charge in [-0.2, -0.15) is 0 Å². The summed E-state index contributed by atoms with van der Waals surface area (Å²) in [4.78, 5) is 44.8. The van der Waals surface area contributed by atoms with E-state index in [1.807, 2.05) is 77.9 Å². The lowest BCUT2D eigenvalue weighted by Gasteiger charge is -2.24. The molecule has 8 rings (SSSR count). The third kappa shape index (κ3) is 14.0. The van der Waals surface area contributed by atoms with E-state index in [2.05, 4.69) is 39.1 Å². The maximum Gasteiger partial charge on any atom is 0.410 e. The van der Waals surface area contributed by atoms with E-state index in [1.54, 1.807) is 48.5 Å². The number of likely N-dealkylation sites (tertiary alicyclic amines) is 2. The van der Waals surface area contributed by atoms with Crippen LogP contribution in [0.25, 0.3) is 44.1 Å². The van der Waals surface area contributed by atoms with Crippen molar-refractivity contribution in [3.8, 4) is 45.3 Å². The van der Waals surface area contributed by atoms with Gasteiger partial charge in [0.1, 0.15) is 34.2 Å². The van der Waals surface area contributed by atoms with Crippen LogP contribution in [0.1, 0.15) is 55.4 Å². The number of nitrogens with zero attached hydrogens (tertiary/aromatic N) is 6. The lowest BCUT2D eigenvalue weighted by atomic mass is 10.0. The first kappa shape index (κ1) is 56.8. The van der Waals surface area contributed by atoms with Crippen LogP contribution < -0.4 is 30.0 Å². The van der Waals surface area contributed by atoms with Gasteiger partial charge in [0.25, 0.3) is 0 Å². The minimum absolute atomic E-state index is 0.0103. The molecule has 2 fully saturated rings. The summed E-state index contributed by atoms with van der Waals surface area (Å²) in [5.74, 6) is 2.97. The number of anilines is 1. The van der Waals surface area contributed by atoms with E-state index in [-0.39, 0.29) is 35.5 Å². The average Bonchev–Trinajstić information content (AvgIpc) is 3.87. The Morgan fingerprint density at radius 3 is 1.41 bits per heavy atom. The van der Waals surface area contributed by atoms with Crippen LogP contribution in [0.15, 0.2) is 60.9 Å². The minimum Gasteiger partial charge on any atom is -0.495 e. The van der Waals surface area contributed by atoms with Crippen LogP contribution in [-0.2, 0) is 9.47 Å². The summed E-state index contributed by atoms with van der Waals surface area (Å²) in [6.45, 7) is 17.8. The number of nitrogens with one attached hydrogen (secondary N) is 1. The topological polar surface area (TPSA) is 186 Å². The van der Waals surface area contributed by atoms with Gasteiger partial charge in [-0.05, 0) is 100 Å². The van der Waals surface area contributed by atoms with Crippen molar-refractivity contribution >= 4 is 97.9 Å². The van der Waals surface area contributed by atoms with Crippen LogP contribution in [0, 0.1) is 11.8 Å². The van der Waals surface area contributed by atoms with Gasteiger partial charge in [-0.3, -0.25) is 0 Å². The lowest BCUT2D eigenvalue weighted by molar-refractivity contribution is 0.0277. The highest BCUT2D eigenvalue weighted by Crippen LogP contribution is 2.48. The van der Waals surface area contributed by atoms with E-state index >= 15 is 0 Å². The molecule has 2 aromatic heterocycles. The first-order chi connectivity index (χ1) is 34.3. The highest BCUT2D eigenvalue weighted by atomic mass is 35.5. The van der Waals surface area contributed by atoms with Crippen LogP contribution in [0.4, 0.5) is 15.5 Å². The molecule has 2 amide bonds. The molecule has 392 valence electrons. The number of hydrogen-bond acceptors (Lipinski definition) is 14. The molecule has 16 nitrogen and oxygen atoms in total. The molecule has 4 aromatic carbocycles. The molecule has 2 unspecified atom stereocenters. The molecule has 2 saturated heterocycles. The fourth-order valence-corrected chi connectivity index (χ4v) is 9.54. The number of hydrogen-bond donors (Lipinski definition) is 2. The molecule has 73 heavy (non-hydrogen) atoms. The van der Waals surface area contributed by atoms with Gasteiger partial charge in [-0.25, -0.2) is 29.5 Å². The molecular formula is C52H61Cl5N8O8. The quantitative estimate of drug-likeness (QED) is 0.137. The summed E-state index contributed by atoms with van der Waals surface area (Å²) in [5.41, 5.74) is 9.18. The number of benzene rings is 4. The van der Waals surface area contributed by atoms with Gasteiger partial charge in [0.2, 0.25) is 11.2 Å². The zero-order valence-electron chi connectivity index (χ0n) is 42.8. The first-order valence-electron chi connectivity index (χ1n) is 23.2. The van der Waals surface area contributed by atoms with Crippen LogP contribution >= 0.6 is 58.0 Å². The highest BCUT2D eigenvalue weighted by molar-refractivity contribution is 6.42. The van der Waals surface area contributed by atoms with E-state index in [0.717, 1.165) is 32.9 Å². The predicted molar refractivity (Wildman–Crippen MR) is 291 cm³/mol. The van der Waals surface area contributed by atoms with Crippen LogP contribution in [0.5, 0.6) is 23.0 Å². The number of methoxy groups -OCH3 is 4. The third-order valence-corrected chi connectivity index (χ3v) is 13.4. The van der Waals surface area contributed by atoms with E-state index in [1.165, 1.54) is 14.2 Å². The Bertz CT molecular complexity index is 2910. The monoisotopic (exact) mass is 1100 g/mol. The number of halogens is 5. The van der Waals surface area contributed by atoms with Gasteiger partial charge in [-0.1, -0.05) is 72.4 Å². The van der Waals surface area contributed by atoms with Crippen molar-refractivity contribution in [2.75, 3.05) is 59.9 Å². The Balaban J connectivity index is 0.000000200. The molecule has 3 N–H and O–H groups in total. The normalized spacial score (nSPS) is 17.6. The molecule has 0 bridgehead atoms. The summed E-state index contributed by atoms with van der Waals surface area (Å²) < 4.78 is 32.1. The van der Waals surface area contributed by atoms with Gasteiger partial charge in [0, 0.05) is 78.6 Å². The van der Waals surface area contributed by atoms with Gasteiger partial charge in [0.15, 0.2) is 0 Å². The molecule has 0 saturated carbocycles. The van der Waals surface area contributed by atoms with Crippen LogP contribution in [0.2, 0.25) is 25.4 Å². The van der Waals surface area contributed by atoms with Crippen molar-refractivity contribution in [2.24, 2.45) is 17.6 Å². The summed E-state index contributed by atoms with van der Waals surface area (Å²) in [6.07, 6.45) is 2.83. The first-order valence-corrected chi connectivity index (χ1v) is 25.1. The second kappa shape index (κ2) is 23.8. The number of ether oxygens (including phenoxy) is 6. The Labute approximate surface area is 451 Å². The summed E-state index contributed by atoms with van der Waals surface area (Å²) in [7, 11) is 6.15. The van der Waals surface area contributed by atoms with Gasteiger partial charge < -0.3 is 49.3 Å². The molecule has 0 radical (unpaired) electrons. The minimum atomic E-state index is -0.531. The Hall–Kier alpha value is -5.49. The number of carbonyl (C=O) groups excluding carboxylic acids is 2. The standard InChI is InChI=1S/C26H30Cl2N4O4.C16H11Cl3N2O2.C10H20N2O2/c1-14-12-32(25(33)36-26(2,3)4)13-18(14)31-24-29-11-16-9-15(7-8-17(16)30-24)21-22(27)19(34-5)10-20(35-6)23(21)28;1-22-11-6-12(23-2)15(18)13(14(11)17)8-3-4-10-9(5-8)7-20-16(19)21-10;1-7-5-12(6-8(7)11)9(13)14-10(2,3)4/h7-11,14,18H,12-13H2,1-6H3,(H,29,30,31);3-7H,1-2H3;7-8H,5-6,11H2,1-4H3/t;;7-,8+/m..0/s1. The summed E-state index contributed by atoms with van der Waals surface area (Å²) in [5, 5.41) is 6.83. The lowest BCUT2D eigenvalue weighted by Crippen LogP contribution is -2.36. The number of rotatable bonds is 8. The molecule has 4 atom stereocenters. The third-order valence-electron chi connectivity index (χ3n) is 11.8. The van der Waals surface area contributed by atoms with E-state index < -0.39 is 11.2 Å². The summed E-state index contributed by atoms with van der Waals surface area (Å²) in [6, 6.07) is 14.7. The predicted octanol–water partition coefficient (Wildman–Crippen LogP) is 12.8. The molecule has 2 aliphatic rings. The fraction of sp³-hybridized carbons (Fsp3) is 0.423. The average molecular weight is 1100 g/mol. The van der Waals surface area contributed by atoms with Crippen LogP contribution in [0.3, 0.4) is 0 Å².